The summed E-state index contributed by atoms with van der Waals surface area (Å²) in [6, 6.07) is 2.82. The lowest BCUT2D eigenvalue weighted by atomic mass is 10.2. The molecule has 0 saturated carbocycles. The van der Waals surface area contributed by atoms with Crippen molar-refractivity contribution in [3.8, 4) is 11.5 Å². The van der Waals surface area contributed by atoms with Crippen LogP contribution in [0, 0.1) is 0 Å². The normalized spacial score (nSPS) is 11.4. The molecule has 4 nitrogen and oxygen atoms in total. The lowest BCUT2D eigenvalue weighted by Crippen LogP contribution is -2.17. The Morgan fingerprint density at radius 3 is 2.39 bits per heavy atom. The quantitative estimate of drug-likeness (QED) is 0.908. The monoisotopic (exact) mass is 264 g/mol. The highest BCUT2D eigenvalue weighted by Crippen LogP contribution is 2.29. The van der Waals surface area contributed by atoms with Gasteiger partial charge in [-0.05, 0) is 26.0 Å². The number of alkyl halides is 3. The minimum atomic E-state index is -4.83. The van der Waals surface area contributed by atoms with Gasteiger partial charge in [-0.25, -0.2) is 4.79 Å². The average molecular weight is 264 g/mol. The molecule has 0 bridgehead atoms. The molecule has 0 heterocycles. The molecule has 0 aromatic heterocycles. The fourth-order valence-corrected chi connectivity index (χ4v) is 1.23. The molecule has 1 aromatic carbocycles. The summed E-state index contributed by atoms with van der Waals surface area (Å²) in [4.78, 5) is 10.9. The van der Waals surface area contributed by atoms with Gasteiger partial charge in [-0.2, -0.15) is 0 Å². The third kappa shape index (κ3) is 4.15. The number of ether oxygens (including phenoxy) is 2. The van der Waals surface area contributed by atoms with Crippen molar-refractivity contribution in [2.75, 3.05) is 0 Å². The van der Waals surface area contributed by atoms with Gasteiger partial charge in [-0.15, -0.1) is 13.2 Å². The van der Waals surface area contributed by atoms with Crippen LogP contribution in [0.4, 0.5) is 13.2 Å². The maximum Gasteiger partial charge on any atom is 0.573 e. The summed E-state index contributed by atoms with van der Waals surface area (Å²) < 4.78 is 44.9. The molecule has 0 aliphatic heterocycles. The van der Waals surface area contributed by atoms with Gasteiger partial charge in [0.2, 0.25) is 0 Å². The molecule has 18 heavy (non-hydrogen) atoms. The van der Waals surface area contributed by atoms with Gasteiger partial charge in [0.1, 0.15) is 17.1 Å². The van der Waals surface area contributed by atoms with Crippen molar-refractivity contribution in [1.29, 1.82) is 0 Å². The SMILES string of the molecule is CC(C)Oc1cc(OC(F)(F)F)ccc1C(=O)O. The number of hydrogen-bond acceptors (Lipinski definition) is 3. The second kappa shape index (κ2) is 5.16. The van der Waals surface area contributed by atoms with Crippen LogP contribution in [0.15, 0.2) is 18.2 Å². The van der Waals surface area contributed by atoms with Crippen LogP contribution in [0.25, 0.3) is 0 Å². The van der Waals surface area contributed by atoms with Gasteiger partial charge >= 0.3 is 12.3 Å². The lowest BCUT2D eigenvalue weighted by Gasteiger charge is -2.14. The first-order valence-corrected chi connectivity index (χ1v) is 4.99. The summed E-state index contributed by atoms with van der Waals surface area (Å²) in [6.45, 7) is 3.26. The van der Waals surface area contributed by atoms with Crippen molar-refractivity contribution in [1.82, 2.24) is 0 Å². The molecule has 1 rings (SSSR count). The zero-order valence-corrected chi connectivity index (χ0v) is 9.62. The van der Waals surface area contributed by atoms with Gasteiger partial charge in [0, 0.05) is 6.07 Å². The second-order valence-corrected chi connectivity index (χ2v) is 3.68. The van der Waals surface area contributed by atoms with E-state index in [1.165, 1.54) is 0 Å². The Labute approximate surface area is 101 Å². The molecule has 7 heteroatoms. The standard InChI is InChI=1S/C11H11F3O4/c1-6(2)17-9-5-7(18-11(12,13)14)3-4-8(9)10(15)16/h3-6H,1-2H3,(H,15,16). The highest BCUT2D eigenvalue weighted by Gasteiger charge is 2.31. The Morgan fingerprint density at radius 1 is 1.33 bits per heavy atom. The molecular weight excluding hydrogens is 253 g/mol. The molecule has 0 radical (unpaired) electrons. The smallest absolute Gasteiger partial charge is 0.490 e. The Balaban J connectivity index is 3.09. The molecule has 0 atom stereocenters. The summed E-state index contributed by atoms with van der Waals surface area (Å²) >= 11 is 0. The number of carbonyl (C=O) groups is 1. The molecule has 100 valence electrons. The van der Waals surface area contributed by atoms with Crippen LogP contribution in [0.5, 0.6) is 11.5 Å². The van der Waals surface area contributed by atoms with E-state index < -0.39 is 18.1 Å². The average Bonchev–Trinajstić information content (AvgIpc) is 2.13. The molecule has 0 amide bonds. The number of carboxylic acids is 1. The van der Waals surface area contributed by atoms with E-state index >= 15 is 0 Å². The molecule has 0 spiro atoms. The predicted octanol–water partition coefficient (Wildman–Crippen LogP) is 3.07. The first-order chi connectivity index (χ1) is 8.19. The van der Waals surface area contributed by atoms with Gasteiger partial charge in [-0.3, -0.25) is 0 Å². The van der Waals surface area contributed by atoms with E-state index in [1.54, 1.807) is 13.8 Å². The van der Waals surface area contributed by atoms with Crippen LogP contribution in [0.2, 0.25) is 0 Å². The van der Waals surface area contributed by atoms with E-state index in [2.05, 4.69) is 4.74 Å². The fourth-order valence-electron chi connectivity index (χ4n) is 1.23. The molecule has 0 aliphatic rings. The van der Waals surface area contributed by atoms with E-state index in [4.69, 9.17) is 9.84 Å². The Kier molecular flexibility index (Phi) is 4.05. The van der Waals surface area contributed by atoms with Crippen molar-refractivity contribution in [3.05, 3.63) is 23.8 Å². The number of hydrogen-bond donors (Lipinski definition) is 1. The van der Waals surface area contributed by atoms with Crippen molar-refractivity contribution in [3.63, 3.8) is 0 Å². The highest BCUT2D eigenvalue weighted by atomic mass is 19.4. The molecule has 0 fully saturated rings. The minimum absolute atomic E-state index is 0.167. The number of benzene rings is 1. The highest BCUT2D eigenvalue weighted by molar-refractivity contribution is 5.91. The number of aromatic carboxylic acids is 1. The van der Waals surface area contributed by atoms with Gasteiger partial charge in [-0.1, -0.05) is 0 Å². The lowest BCUT2D eigenvalue weighted by molar-refractivity contribution is -0.274. The fraction of sp³-hybridized carbons (Fsp3) is 0.364. The maximum absolute atomic E-state index is 12.0. The van der Waals surface area contributed by atoms with E-state index in [9.17, 15) is 18.0 Å². The number of rotatable bonds is 4. The summed E-state index contributed by atoms with van der Waals surface area (Å²) in [5, 5.41) is 8.86. The molecule has 0 unspecified atom stereocenters. The first kappa shape index (κ1) is 14.1. The predicted molar refractivity (Wildman–Crippen MR) is 55.8 cm³/mol. The summed E-state index contributed by atoms with van der Waals surface area (Å²) in [7, 11) is 0. The van der Waals surface area contributed by atoms with Crippen LogP contribution in [0.3, 0.4) is 0 Å². The van der Waals surface area contributed by atoms with Crippen LogP contribution >= 0.6 is 0 Å². The minimum Gasteiger partial charge on any atom is -0.490 e. The molecule has 1 aromatic rings. The third-order valence-electron chi connectivity index (χ3n) is 1.78. The van der Waals surface area contributed by atoms with Crippen molar-refractivity contribution in [2.24, 2.45) is 0 Å². The molecule has 0 saturated heterocycles. The summed E-state index contributed by atoms with van der Waals surface area (Å²) in [5.41, 5.74) is -0.224. The number of carboxylic acid groups (broad SMARTS) is 1. The Bertz CT molecular complexity index is 440. The van der Waals surface area contributed by atoms with Gasteiger partial charge < -0.3 is 14.6 Å². The Morgan fingerprint density at radius 2 is 1.94 bits per heavy atom. The third-order valence-corrected chi connectivity index (χ3v) is 1.78. The van der Waals surface area contributed by atoms with Gasteiger partial charge in [0.05, 0.1) is 6.10 Å². The van der Waals surface area contributed by atoms with Gasteiger partial charge in [0.15, 0.2) is 0 Å². The Hall–Kier alpha value is -1.92. The zero-order chi connectivity index (χ0) is 13.9. The van der Waals surface area contributed by atoms with Crippen molar-refractivity contribution in [2.45, 2.75) is 26.3 Å². The topological polar surface area (TPSA) is 55.8 Å². The van der Waals surface area contributed by atoms with Crippen LogP contribution in [-0.4, -0.2) is 23.5 Å². The van der Waals surface area contributed by atoms with E-state index in [-0.39, 0.29) is 17.4 Å². The van der Waals surface area contributed by atoms with Crippen LogP contribution < -0.4 is 9.47 Å². The van der Waals surface area contributed by atoms with Crippen molar-refractivity contribution >= 4 is 5.97 Å². The van der Waals surface area contributed by atoms with Crippen LogP contribution in [0.1, 0.15) is 24.2 Å². The maximum atomic E-state index is 12.0. The van der Waals surface area contributed by atoms with Crippen molar-refractivity contribution < 1.29 is 32.5 Å². The van der Waals surface area contributed by atoms with E-state index in [1.807, 2.05) is 0 Å². The largest absolute Gasteiger partial charge is 0.573 e. The summed E-state index contributed by atoms with van der Waals surface area (Å²) in [6.07, 6.45) is -5.20. The van der Waals surface area contributed by atoms with E-state index in [0.717, 1.165) is 18.2 Å². The second-order valence-electron chi connectivity index (χ2n) is 3.68. The number of halogens is 3. The van der Waals surface area contributed by atoms with Gasteiger partial charge in [0.25, 0.3) is 0 Å². The molecule has 1 N–H and O–H groups in total. The zero-order valence-electron chi connectivity index (χ0n) is 9.62. The molecule has 0 aliphatic carbocycles. The molecular formula is C11H11F3O4. The van der Waals surface area contributed by atoms with Crippen LogP contribution in [-0.2, 0) is 0 Å². The first-order valence-electron chi connectivity index (χ1n) is 4.99. The van der Waals surface area contributed by atoms with E-state index in [0.29, 0.717) is 0 Å². The summed E-state index contributed by atoms with van der Waals surface area (Å²) in [5.74, 6) is -1.98.